The Morgan fingerprint density at radius 3 is 2.38 bits per heavy atom. The van der Waals surface area contributed by atoms with Crippen LogP contribution in [0, 0.1) is 23.2 Å². The number of hydrogen-bond acceptors (Lipinski definition) is 5. The summed E-state index contributed by atoms with van der Waals surface area (Å²) < 4.78 is 1.35. The van der Waals surface area contributed by atoms with E-state index in [1.807, 2.05) is 33.8 Å². The van der Waals surface area contributed by atoms with Gasteiger partial charge in [0.2, 0.25) is 0 Å². The van der Waals surface area contributed by atoms with Crippen LogP contribution in [0.2, 0.25) is 0 Å². The number of nitriles is 1. The van der Waals surface area contributed by atoms with E-state index >= 15 is 0 Å². The Kier molecular flexibility index (Phi) is 5.59. The second-order valence-corrected chi connectivity index (χ2v) is 5.93. The van der Waals surface area contributed by atoms with Crippen LogP contribution in [0.4, 0.5) is 11.5 Å². The average molecular weight is 293 g/mol. The summed E-state index contributed by atoms with van der Waals surface area (Å²) in [6.07, 6.45) is 0. The van der Waals surface area contributed by atoms with Crippen LogP contribution in [0.15, 0.2) is 9.59 Å². The molecular formula is C14H23N5O2. The first kappa shape index (κ1) is 16.8. The van der Waals surface area contributed by atoms with Crippen molar-refractivity contribution in [3.8, 4) is 6.07 Å². The molecule has 0 spiro atoms. The van der Waals surface area contributed by atoms with Crippen molar-refractivity contribution in [1.29, 1.82) is 5.26 Å². The van der Waals surface area contributed by atoms with Crippen LogP contribution in [0.3, 0.4) is 0 Å². The van der Waals surface area contributed by atoms with Crippen molar-refractivity contribution >= 4 is 11.5 Å². The first-order valence-electron chi connectivity index (χ1n) is 7.02. The minimum absolute atomic E-state index is 0.0470. The third kappa shape index (κ3) is 4.12. The third-order valence-corrected chi connectivity index (χ3v) is 2.93. The summed E-state index contributed by atoms with van der Waals surface area (Å²) >= 11 is 0. The molecule has 1 heterocycles. The summed E-state index contributed by atoms with van der Waals surface area (Å²) in [7, 11) is 0. The van der Waals surface area contributed by atoms with Crippen molar-refractivity contribution in [3.05, 3.63) is 20.8 Å². The Labute approximate surface area is 124 Å². The summed E-state index contributed by atoms with van der Waals surface area (Å²) in [6.45, 7) is 8.86. The molecule has 0 aliphatic carbocycles. The highest BCUT2D eigenvalue weighted by Crippen LogP contribution is 2.18. The molecule has 0 aliphatic rings. The number of nitrogen functional groups attached to an aromatic ring is 1. The second kappa shape index (κ2) is 6.97. The van der Waals surface area contributed by atoms with Gasteiger partial charge in [-0.15, -0.1) is 0 Å². The highest BCUT2D eigenvalue weighted by molar-refractivity contribution is 5.62. The van der Waals surface area contributed by atoms with E-state index in [-0.39, 0.29) is 29.9 Å². The number of hydrogen-bond donors (Lipinski definition) is 2. The van der Waals surface area contributed by atoms with E-state index in [1.165, 1.54) is 4.57 Å². The predicted molar refractivity (Wildman–Crippen MR) is 83.2 cm³/mol. The highest BCUT2D eigenvalue weighted by Gasteiger charge is 2.19. The molecule has 0 saturated heterocycles. The van der Waals surface area contributed by atoms with Crippen molar-refractivity contribution in [3.63, 3.8) is 0 Å². The highest BCUT2D eigenvalue weighted by atomic mass is 16.2. The Balaban J connectivity index is 3.43. The van der Waals surface area contributed by atoms with E-state index in [9.17, 15) is 9.59 Å². The molecule has 1 aromatic heterocycles. The van der Waals surface area contributed by atoms with Crippen molar-refractivity contribution in [2.24, 2.45) is 11.8 Å². The number of nitrogens with two attached hydrogens (primary N) is 1. The fourth-order valence-corrected chi connectivity index (χ4v) is 2.19. The van der Waals surface area contributed by atoms with Gasteiger partial charge in [-0.25, -0.2) is 4.79 Å². The average Bonchev–Trinajstić information content (AvgIpc) is 2.33. The van der Waals surface area contributed by atoms with Crippen LogP contribution < -0.4 is 21.9 Å². The number of H-pyrrole nitrogens is 1. The molecule has 0 atom stereocenters. The van der Waals surface area contributed by atoms with Crippen LogP contribution in [-0.4, -0.2) is 22.6 Å². The Bertz CT molecular complexity index is 636. The lowest BCUT2D eigenvalue weighted by Gasteiger charge is -2.25. The molecule has 0 aliphatic heterocycles. The summed E-state index contributed by atoms with van der Waals surface area (Å²) in [5.41, 5.74) is 5.17. The first-order valence-corrected chi connectivity index (χ1v) is 7.02. The smallest absolute Gasteiger partial charge is 0.330 e. The van der Waals surface area contributed by atoms with Gasteiger partial charge in [-0.1, -0.05) is 27.7 Å². The fraction of sp³-hybridized carbons (Fsp3) is 0.643. The van der Waals surface area contributed by atoms with Crippen LogP contribution in [0.5, 0.6) is 0 Å². The molecule has 116 valence electrons. The van der Waals surface area contributed by atoms with Gasteiger partial charge in [0.05, 0.1) is 6.07 Å². The van der Waals surface area contributed by atoms with Gasteiger partial charge in [-0.2, -0.15) is 5.26 Å². The second-order valence-electron chi connectivity index (χ2n) is 5.93. The molecule has 0 unspecified atom stereocenters. The number of anilines is 2. The van der Waals surface area contributed by atoms with Gasteiger partial charge in [-0.3, -0.25) is 14.3 Å². The minimum atomic E-state index is -0.548. The molecule has 7 heteroatoms. The van der Waals surface area contributed by atoms with Crippen molar-refractivity contribution in [1.82, 2.24) is 9.55 Å². The van der Waals surface area contributed by atoms with Crippen molar-refractivity contribution in [2.45, 2.75) is 34.2 Å². The van der Waals surface area contributed by atoms with Gasteiger partial charge in [-0.05, 0) is 11.8 Å². The standard InChI is InChI=1S/C14H23N5O2/c1-9(2)7-18(6-5-15)11-12(16)19(8-10(3)4)14(21)17-13(11)20/h9-10H,6-8,16H2,1-4H3,(H,17,20,21). The van der Waals surface area contributed by atoms with Crippen LogP contribution in [0.25, 0.3) is 0 Å². The summed E-state index contributed by atoms with van der Waals surface area (Å²) in [4.78, 5) is 27.9. The zero-order valence-electron chi connectivity index (χ0n) is 13.0. The molecule has 3 N–H and O–H groups in total. The molecule has 0 bridgehead atoms. The van der Waals surface area contributed by atoms with Gasteiger partial charge in [0.25, 0.3) is 5.56 Å². The first-order chi connectivity index (χ1) is 9.77. The lowest BCUT2D eigenvalue weighted by molar-refractivity contribution is 0.506. The Hall–Kier alpha value is -2.23. The number of aromatic nitrogens is 2. The summed E-state index contributed by atoms with van der Waals surface area (Å²) in [5.74, 6) is 0.578. The number of rotatable bonds is 6. The van der Waals surface area contributed by atoms with Crippen molar-refractivity contribution in [2.75, 3.05) is 23.7 Å². The van der Waals surface area contributed by atoms with Crippen LogP contribution in [0.1, 0.15) is 27.7 Å². The van der Waals surface area contributed by atoms with E-state index in [0.717, 1.165) is 0 Å². The number of nitrogens with zero attached hydrogens (tertiary/aromatic N) is 3. The molecule has 7 nitrogen and oxygen atoms in total. The number of nitrogens with one attached hydrogen (secondary N) is 1. The lowest BCUT2D eigenvalue weighted by atomic mass is 10.2. The minimum Gasteiger partial charge on any atom is -0.383 e. The molecule has 0 saturated carbocycles. The monoisotopic (exact) mass is 293 g/mol. The van der Waals surface area contributed by atoms with Gasteiger partial charge in [0, 0.05) is 13.1 Å². The molecule has 0 fully saturated rings. The predicted octanol–water partition coefficient (Wildman–Crippen LogP) is 0.761. The molecule has 0 radical (unpaired) electrons. The van der Waals surface area contributed by atoms with E-state index < -0.39 is 11.2 Å². The van der Waals surface area contributed by atoms with Crippen LogP contribution >= 0.6 is 0 Å². The topological polar surface area (TPSA) is 108 Å². The largest absolute Gasteiger partial charge is 0.383 e. The van der Waals surface area contributed by atoms with Gasteiger partial charge >= 0.3 is 5.69 Å². The van der Waals surface area contributed by atoms with E-state index in [0.29, 0.717) is 13.1 Å². The van der Waals surface area contributed by atoms with E-state index in [1.54, 1.807) is 4.90 Å². The number of aromatic amines is 1. The van der Waals surface area contributed by atoms with Crippen molar-refractivity contribution < 1.29 is 0 Å². The third-order valence-electron chi connectivity index (χ3n) is 2.93. The maximum absolute atomic E-state index is 12.1. The molecule has 21 heavy (non-hydrogen) atoms. The molecule has 0 amide bonds. The lowest BCUT2D eigenvalue weighted by Crippen LogP contribution is -2.40. The summed E-state index contributed by atoms with van der Waals surface area (Å²) in [5, 5.41) is 8.95. The van der Waals surface area contributed by atoms with Gasteiger partial charge in [0.15, 0.2) is 0 Å². The van der Waals surface area contributed by atoms with E-state index in [2.05, 4.69) is 4.98 Å². The maximum Gasteiger partial charge on any atom is 0.330 e. The molecule has 1 aromatic rings. The van der Waals surface area contributed by atoms with Gasteiger partial charge in [0.1, 0.15) is 18.1 Å². The normalized spacial score (nSPS) is 10.9. The Morgan fingerprint density at radius 2 is 1.90 bits per heavy atom. The van der Waals surface area contributed by atoms with E-state index in [4.69, 9.17) is 11.0 Å². The SMILES string of the molecule is CC(C)CN(CC#N)c1c(N)n(CC(C)C)c(=O)[nH]c1=O. The molecule has 1 rings (SSSR count). The quantitative estimate of drug-likeness (QED) is 0.753. The zero-order valence-corrected chi connectivity index (χ0v) is 13.0. The Morgan fingerprint density at radius 1 is 1.29 bits per heavy atom. The molecular weight excluding hydrogens is 270 g/mol. The molecule has 0 aromatic carbocycles. The maximum atomic E-state index is 12.1. The zero-order chi connectivity index (χ0) is 16.2. The fourth-order valence-electron chi connectivity index (χ4n) is 2.19. The van der Waals surface area contributed by atoms with Gasteiger partial charge < -0.3 is 10.6 Å². The summed E-state index contributed by atoms with van der Waals surface area (Å²) in [6, 6.07) is 2.03. The van der Waals surface area contributed by atoms with Crippen LogP contribution in [-0.2, 0) is 6.54 Å².